The standard InChI is InChI=1S/C14H22N2S/c1-11-9-12(5-7-15)3-4-14(11)16(2)13-6-8-17-10-13/h3-4,9,13H,5-8,10,15H2,1-2H3. The Bertz CT molecular complexity index is 372. The van der Waals surface area contributed by atoms with Gasteiger partial charge in [0, 0.05) is 24.5 Å². The Balaban J connectivity index is 2.14. The van der Waals surface area contributed by atoms with Crippen molar-refractivity contribution in [2.75, 3.05) is 30.0 Å². The quantitative estimate of drug-likeness (QED) is 0.890. The lowest BCUT2D eigenvalue weighted by atomic mass is 10.1. The average molecular weight is 250 g/mol. The number of hydrogen-bond acceptors (Lipinski definition) is 3. The van der Waals surface area contributed by atoms with E-state index in [4.69, 9.17) is 5.73 Å². The zero-order chi connectivity index (χ0) is 12.3. The molecule has 0 aromatic heterocycles. The van der Waals surface area contributed by atoms with Crippen LogP contribution in [0.4, 0.5) is 5.69 Å². The van der Waals surface area contributed by atoms with Crippen molar-refractivity contribution in [1.29, 1.82) is 0 Å². The van der Waals surface area contributed by atoms with Crippen LogP contribution in [0.3, 0.4) is 0 Å². The zero-order valence-corrected chi connectivity index (χ0v) is 11.6. The van der Waals surface area contributed by atoms with Crippen LogP contribution in [0, 0.1) is 6.92 Å². The predicted octanol–water partition coefficient (Wildman–Crippen LogP) is 2.44. The van der Waals surface area contributed by atoms with Crippen LogP contribution in [0.1, 0.15) is 17.5 Å². The second kappa shape index (κ2) is 5.78. The van der Waals surface area contributed by atoms with Gasteiger partial charge in [-0.2, -0.15) is 11.8 Å². The number of aryl methyl sites for hydroxylation is 1. The summed E-state index contributed by atoms with van der Waals surface area (Å²) in [4.78, 5) is 2.45. The Morgan fingerprint density at radius 1 is 1.47 bits per heavy atom. The zero-order valence-electron chi connectivity index (χ0n) is 10.8. The van der Waals surface area contributed by atoms with E-state index in [-0.39, 0.29) is 0 Å². The molecule has 0 spiro atoms. The van der Waals surface area contributed by atoms with Gasteiger partial charge in [-0.3, -0.25) is 0 Å². The molecule has 0 radical (unpaired) electrons. The third-order valence-electron chi connectivity index (χ3n) is 3.53. The van der Waals surface area contributed by atoms with Crippen molar-refractivity contribution in [3.8, 4) is 0 Å². The Morgan fingerprint density at radius 3 is 2.88 bits per heavy atom. The molecule has 0 amide bonds. The SMILES string of the molecule is Cc1cc(CCN)ccc1N(C)C1CCSC1. The van der Waals surface area contributed by atoms with Crippen molar-refractivity contribution in [1.82, 2.24) is 0 Å². The molecule has 0 aliphatic carbocycles. The predicted molar refractivity (Wildman–Crippen MR) is 78.1 cm³/mol. The van der Waals surface area contributed by atoms with Crippen molar-refractivity contribution in [2.24, 2.45) is 5.73 Å². The van der Waals surface area contributed by atoms with Crippen LogP contribution in [0.2, 0.25) is 0 Å². The van der Waals surface area contributed by atoms with E-state index in [2.05, 4.69) is 48.8 Å². The summed E-state index contributed by atoms with van der Waals surface area (Å²) in [6.07, 6.45) is 2.29. The molecule has 94 valence electrons. The lowest BCUT2D eigenvalue weighted by Gasteiger charge is -2.28. The Kier molecular flexibility index (Phi) is 4.35. The third kappa shape index (κ3) is 2.96. The molecule has 1 fully saturated rings. The van der Waals surface area contributed by atoms with Crippen LogP contribution in [0.5, 0.6) is 0 Å². The minimum Gasteiger partial charge on any atom is -0.371 e. The molecule has 0 bridgehead atoms. The van der Waals surface area contributed by atoms with Crippen molar-refractivity contribution in [2.45, 2.75) is 25.8 Å². The smallest absolute Gasteiger partial charge is 0.0396 e. The molecule has 1 heterocycles. The Labute approximate surface area is 109 Å². The summed E-state index contributed by atoms with van der Waals surface area (Å²) in [5.74, 6) is 2.57. The van der Waals surface area contributed by atoms with Crippen LogP contribution in [-0.4, -0.2) is 31.1 Å². The molecule has 2 N–H and O–H groups in total. The molecule has 1 atom stereocenters. The summed E-state index contributed by atoms with van der Waals surface area (Å²) in [6, 6.07) is 7.46. The molecule has 1 unspecified atom stereocenters. The second-order valence-electron chi connectivity index (χ2n) is 4.79. The number of nitrogens with zero attached hydrogens (tertiary/aromatic N) is 1. The van der Waals surface area contributed by atoms with E-state index in [0.717, 1.165) is 13.0 Å². The molecule has 1 aromatic carbocycles. The largest absolute Gasteiger partial charge is 0.371 e. The molecule has 1 aliphatic heterocycles. The average Bonchev–Trinajstić information content (AvgIpc) is 2.82. The van der Waals surface area contributed by atoms with Gasteiger partial charge in [0.1, 0.15) is 0 Å². The van der Waals surface area contributed by atoms with Gasteiger partial charge in [-0.1, -0.05) is 12.1 Å². The van der Waals surface area contributed by atoms with Crippen LogP contribution < -0.4 is 10.6 Å². The highest BCUT2D eigenvalue weighted by molar-refractivity contribution is 7.99. The number of anilines is 1. The lowest BCUT2D eigenvalue weighted by molar-refractivity contribution is 0.698. The highest BCUT2D eigenvalue weighted by atomic mass is 32.2. The van der Waals surface area contributed by atoms with Gasteiger partial charge >= 0.3 is 0 Å². The van der Waals surface area contributed by atoms with Gasteiger partial charge in [0.05, 0.1) is 0 Å². The van der Waals surface area contributed by atoms with Crippen LogP contribution >= 0.6 is 11.8 Å². The molecular weight excluding hydrogens is 228 g/mol. The molecule has 17 heavy (non-hydrogen) atoms. The maximum atomic E-state index is 5.59. The maximum Gasteiger partial charge on any atom is 0.0396 e. The molecule has 3 heteroatoms. The lowest BCUT2D eigenvalue weighted by Crippen LogP contribution is -2.31. The highest BCUT2D eigenvalue weighted by Crippen LogP contribution is 2.28. The molecule has 1 saturated heterocycles. The van der Waals surface area contributed by atoms with E-state index >= 15 is 0 Å². The monoisotopic (exact) mass is 250 g/mol. The van der Waals surface area contributed by atoms with E-state index in [0.29, 0.717) is 6.04 Å². The van der Waals surface area contributed by atoms with E-state index in [1.54, 1.807) is 0 Å². The topological polar surface area (TPSA) is 29.3 Å². The van der Waals surface area contributed by atoms with Gasteiger partial charge in [-0.15, -0.1) is 0 Å². The Morgan fingerprint density at radius 2 is 2.29 bits per heavy atom. The Hall–Kier alpha value is -0.670. The first kappa shape index (κ1) is 12.8. The molecule has 1 aromatic rings. The van der Waals surface area contributed by atoms with Crippen LogP contribution in [0.25, 0.3) is 0 Å². The van der Waals surface area contributed by atoms with E-state index in [1.807, 2.05) is 0 Å². The van der Waals surface area contributed by atoms with E-state index < -0.39 is 0 Å². The normalized spacial score (nSPS) is 19.6. The summed E-state index contributed by atoms with van der Waals surface area (Å²) in [6.45, 7) is 2.93. The molecule has 0 saturated carbocycles. The van der Waals surface area contributed by atoms with Crippen LogP contribution in [-0.2, 0) is 6.42 Å². The molecular formula is C14H22N2S. The third-order valence-corrected chi connectivity index (χ3v) is 4.67. The fraction of sp³-hybridized carbons (Fsp3) is 0.571. The van der Waals surface area contributed by atoms with Gasteiger partial charge < -0.3 is 10.6 Å². The minimum atomic E-state index is 0.707. The first-order valence-corrected chi connectivity index (χ1v) is 7.48. The first-order valence-electron chi connectivity index (χ1n) is 6.32. The molecule has 2 nitrogen and oxygen atoms in total. The van der Waals surface area contributed by atoms with Gasteiger partial charge in [0.2, 0.25) is 0 Å². The number of nitrogens with two attached hydrogens (primary N) is 1. The summed E-state index contributed by atoms with van der Waals surface area (Å²) < 4.78 is 0. The second-order valence-corrected chi connectivity index (χ2v) is 5.94. The van der Waals surface area contributed by atoms with Crippen LogP contribution in [0.15, 0.2) is 18.2 Å². The van der Waals surface area contributed by atoms with Crippen molar-refractivity contribution in [3.05, 3.63) is 29.3 Å². The summed E-state index contributed by atoms with van der Waals surface area (Å²) in [5, 5.41) is 0. The van der Waals surface area contributed by atoms with Gasteiger partial charge in [-0.05, 0) is 49.3 Å². The summed E-state index contributed by atoms with van der Waals surface area (Å²) >= 11 is 2.06. The number of benzene rings is 1. The van der Waals surface area contributed by atoms with E-state index in [1.165, 1.54) is 34.7 Å². The number of thioether (sulfide) groups is 1. The van der Waals surface area contributed by atoms with Gasteiger partial charge in [-0.25, -0.2) is 0 Å². The minimum absolute atomic E-state index is 0.707. The summed E-state index contributed by atoms with van der Waals surface area (Å²) in [5.41, 5.74) is 9.69. The van der Waals surface area contributed by atoms with Crippen molar-refractivity contribution < 1.29 is 0 Å². The van der Waals surface area contributed by atoms with E-state index in [9.17, 15) is 0 Å². The van der Waals surface area contributed by atoms with Gasteiger partial charge in [0.25, 0.3) is 0 Å². The number of rotatable bonds is 4. The molecule has 1 aliphatic rings. The fourth-order valence-electron chi connectivity index (χ4n) is 2.46. The highest BCUT2D eigenvalue weighted by Gasteiger charge is 2.21. The molecule has 2 rings (SSSR count). The van der Waals surface area contributed by atoms with Crippen molar-refractivity contribution >= 4 is 17.4 Å². The van der Waals surface area contributed by atoms with Gasteiger partial charge in [0.15, 0.2) is 0 Å². The number of hydrogen-bond donors (Lipinski definition) is 1. The fourth-order valence-corrected chi connectivity index (χ4v) is 3.73. The van der Waals surface area contributed by atoms with Crippen molar-refractivity contribution in [3.63, 3.8) is 0 Å². The maximum absolute atomic E-state index is 5.59. The first-order chi connectivity index (χ1) is 8.22. The summed E-state index contributed by atoms with van der Waals surface area (Å²) in [7, 11) is 2.22.